The Balaban J connectivity index is 1.58. The lowest BCUT2D eigenvalue weighted by molar-refractivity contribution is -0.113. The lowest BCUT2D eigenvalue weighted by Crippen LogP contribution is -2.14. The van der Waals surface area contributed by atoms with E-state index in [4.69, 9.17) is 14.2 Å². The predicted molar refractivity (Wildman–Crippen MR) is 125 cm³/mol. The summed E-state index contributed by atoms with van der Waals surface area (Å²) in [6.45, 7) is 4.14. The number of anilines is 3. The van der Waals surface area contributed by atoms with Gasteiger partial charge in [0.05, 0.1) is 27.1 Å². The number of ether oxygens (including phenoxy) is 3. The SMILES string of the molecule is COc1cc(NC(=O)CSc2nnc(Nc3ccc(C)c(C)c3)s2)cc(OC)c1OC. The molecule has 0 fully saturated rings. The smallest absolute Gasteiger partial charge is 0.234 e. The van der Waals surface area contributed by atoms with Crippen molar-refractivity contribution in [2.45, 2.75) is 18.2 Å². The zero-order valence-corrected chi connectivity index (χ0v) is 19.6. The Morgan fingerprint density at radius 2 is 1.68 bits per heavy atom. The Kier molecular flexibility index (Phi) is 7.59. The standard InChI is InChI=1S/C21H24N4O4S2/c1-12-6-7-14(8-13(12)2)23-20-24-25-21(31-20)30-11-18(26)22-15-9-16(27-3)19(29-5)17(10-15)28-4/h6-10H,11H2,1-5H3,(H,22,26)(H,23,24). The van der Waals surface area contributed by atoms with Crippen LogP contribution in [0, 0.1) is 13.8 Å². The fourth-order valence-electron chi connectivity index (χ4n) is 2.74. The summed E-state index contributed by atoms with van der Waals surface area (Å²) in [6, 6.07) is 9.48. The fourth-order valence-corrected chi connectivity index (χ4v) is 4.31. The minimum atomic E-state index is -0.182. The molecule has 164 valence electrons. The minimum Gasteiger partial charge on any atom is -0.493 e. The Morgan fingerprint density at radius 1 is 0.968 bits per heavy atom. The summed E-state index contributed by atoms with van der Waals surface area (Å²) in [5, 5.41) is 15.0. The molecule has 31 heavy (non-hydrogen) atoms. The summed E-state index contributed by atoms with van der Waals surface area (Å²) in [4.78, 5) is 12.4. The number of aromatic nitrogens is 2. The second-order valence-corrected chi connectivity index (χ2v) is 8.75. The van der Waals surface area contributed by atoms with E-state index in [2.05, 4.69) is 46.8 Å². The summed E-state index contributed by atoms with van der Waals surface area (Å²) in [6.07, 6.45) is 0. The Bertz CT molecular complexity index is 1050. The van der Waals surface area contributed by atoms with Gasteiger partial charge in [-0.25, -0.2) is 0 Å². The van der Waals surface area contributed by atoms with E-state index in [1.165, 1.54) is 55.6 Å². The van der Waals surface area contributed by atoms with Gasteiger partial charge in [-0.3, -0.25) is 4.79 Å². The molecule has 0 saturated carbocycles. The highest BCUT2D eigenvalue weighted by molar-refractivity contribution is 8.01. The van der Waals surface area contributed by atoms with Crippen molar-refractivity contribution in [3.05, 3.63) is 41.5 Å². The van der Waals surface area contributed by atoms with Gasteiger partial charge in [-0.2, -0.15) is 0 Å². The second kappa shape index (κ2) is 10.4. The number of rotatable bonds is 9. The maximum Gasteiger partial charge on any atom is 0.234 e. The van der Waals surface area contributed by atoms with Gasteiger partial charge in [0.2, 0.25) is 16.8 Å². The lowest BCUT2D eigenvalue weighted by atomic mass is 10.1. The Morgan fingerprint density at radius 3 is 2.29 bits per heavy atom. The van der Waals surface area contributed by atoms with E-state index in [1.54, 1.807) is 12.1 Å². The van der Waals surface area contributed by atoms with Crippen LogP contribution in [0.2, 0.25) is 0 Å². The number of benzene rings is 2. The number of carbonyl (C=O) groups excluding carboxylic acids is 1. The molecule has 2 N–H and O–H groups in total. The van der Waals surface area contributed by atoms with E-state index in [-0.39, 0.29) is 11.7 Å². The molecule has 0 bridgehead atoms. The van der Waals surface area contributed by atoms with Crippen LogP contribution in [0.5, 0.6) is 17.2 Å². The van der Waals surface area contributed by atoms with Gasteiger partial charge in [-0.15, -0.1) is 10.2 Å². The van der Waals surface area contributed by atoms with Crippen molar-refractivity contribution in [1.29, 1.82) is 0 Å². The first kappa shape index (κ1) is 22.7. The average Bonchev–Trinajstić information content (AvgIpc) is 3.21. The quantitative estimate of drug-likeness (QED) is 0.446. The van der Waals surface area contributed by atoms with E-state index in [0.717, 1.165) is 5.69 Å². The minimum absolute atomic E-state index is 0.182. The highest BCUT2D eigenvalue weighted by Crippen LogP contribution is 2.40. The maximum absolute atomic E-state index is 12.4. The number of nitrogens with one attached hydrogen (secondary N) is 2. The molecule has 0 aliphatic heterocycles. The van der Waals surface area contributed by atoms with Crippen LogP contribution in [0.15, 0.2) is 34.7 Å². The molecule has 1 amide bonds. The Labute approximate surface area is 189 Å². The number of hydrogen-bond donors (Lipinski definition) is 2. The lowest BCUT2D eigenvalue weighted by Gasteiger charge is -2.14. The van der Waals surface area contributed by atoms with Crippen LogP contribution in [0.3, 0.4) is 0 Å². The summed E-state index contributed by atoms with van der Waals surface area (Å²) in [5.74, 6) is 1.41. The van der Waals surface area contributed by atoms with Gasteiger partial charge in [0.1, 0.15) is 0 Å². The zero-order valence-electron chi connectivity index (χ0n) is 17.9. The van der Waals surface area contributed by atoms with E-state index >= 15 is 0 Å². The zero-order chi connectivity index (χ0) is 22.4. The first-order valence-electron chi connectivity index (χ1n) is 9.34. The van der Waals surface area contributed by atoms with Gasteiger partial charge in [0, 0.05) is 23.5 Å². The van der Waals surface area contributed by atoms with Gasteiger partial charge in [0.25, 0.3) is 0 Å². The molecule has 10 heteroatoms. The molecule has 0 spiro atoms. The van der Waals surface area contributed by atoms with Crippen molar-refractivity contribution in [2.24, 2.45) is 0 Å². The number of amides is 1. The van der Waals surface area contributed by atoms with Crippen LogP contribution in [0.4, 0.5) is 16.5 Å². The van der Waals surface area contributed by atoms with Crippen LogP contribution < -0.4 is 24.8 Å². The van der Waals surface area contributed by atoms with Crippen LogP contribution in [0.1, 0.15) is 11.1 Å². The molecule has 1 heterocycles. The first-order chi connectivity index (χ1) is 14.9. The van der Waals surface area contributed by atoms with Gasteiger partial charge in [-0.05, 0) is 37.1 Å². The van der Waals surface area contributed by atoms with Crippen molar-refractivity contribution in [2.75, 3.05) is 37.7 Å². The topological polar surface area (TPSA) is 94.6 Å². The van der Waals surface area contributed by atoms with E-state index in [9.17, 15) is 4.79 Å². The van der Waals surface area contributed by atoms with Crippen molar-refractivity contribution in [1.82, 2.24) is 10.2 Å². The number of nitrogens with zero attached hydrogens (tertiary/aromatic N) is 2. The van der Waals surface area contributed by atoms with Crippen LogP contribution >= 0.6 is 23.1 Å². The van der Waals surface area contributed by atoms with E-state index < -0.39 is 0 Å². The molecule has 0 aliphatic rings. The van der Waals surface area contributed by atoms with Gasteiger partial charge < -0.3 is 24.8 Å². The highest BCUT2D eigenvalue weighted by Gasteiger charge is 2.15. The highest BCUT2D eigenvalue weighted by atomic mass is 32.2. The molecular formula is C21H24N4O4S2. The number of methoxy groups -OCH3 is 3. The maximum atomic E-state index is 12.4. The molecule has 0 aliphatic carbocycles. The third-order valence-electron chi connectivity index (χ3n) is 4.44. The summed E-state index contributed by atoms with van der Waals surface area (Å²) in [7, 11) is 4.58. The number of aryl methyl sites for hydroxylation is 2. The molecule has 2 aromatic carbocycles. The molecule has 3 aromatic rings. The normalized spacial score (nSPS) is 10.5. The largest absolute Gasteiger partial charge is 0.493 e. The molecule has 0 atom stereocenters. The molecule has 1 aromatic heterocycles. The molecule has 0 radical (unpaired) electrons. The van der Waals surface area contributed by atoms with Gasteiger partial charge >= 0.3 is 0 Å². The average molecular weight is 461 g/mol. The van der Waals surface area contributed by atoms with Gasteiger partial charge in [-0.1, -0.05) is 29.2 Å². The van der Waals surface area contributed by atoms with Gasteiger partial charge in [0.15, 0.2) is 15.8 Å². The molecule has 0 unspecified atom stereocenters. The van der Waals surface area contributed by atoms with Crippen molar-refractivity contribution >= 4 is 45.5 Å². The van der Waals surface area contributed by atoms with Crippen LogP contribution in [-0.4, -0.2) is 43.2 Å². The van der Waals surface area contributed by atoms with Crippen molar-refractivity contribution in [3.8, 4) is 17.2 Å². The number of thioether (sulfide) groups is 1. The Hall–Kier alpha value is -2.98. The summed E-state index contributed by atoms with van der Waals surface area (Å²) in [5.41, 5.74) is 3.94. The molecule has 8 nitrogen and oxygen atoms in total. The first-order valence-corrected chi connectivity index (χ1v) is 11.1. The van der Waals surface area contributed by atoms with Crippen LogP contribution in [-0.2, 0) is 4.79 Å². The molecule has 0 saturated heterocycles. The van der Waals surface area contributed by atoms with Crippen molar-refractivity contribution < 1.29 is 19.0 Å². The predicted octanol–water partition coefficient (Wildman–Crippen LogP) is 4.66. The number of carbonyl (C=O) groups is 1. The molecular weight excluding hydrogens is 436 g/mol. The van der Waals surface area contributed by atoms with Crippen LogP contribution in [0.25, 0.3) is 0 Å². The molecule has 3 rings (SSSR count). The van der Waals surface area contributed by atoms with E-state index in [0.29, 0.717) is 32.4 Å². The summed E-state index contributed by atoms with van der Waals surface area (Å²) < 4.78 is 16.6. The monoisotopic (exact) mass is 460 g/mol. The van der Waals surface area contributed by atoms with E-state index in [1.807, 2.05) is 6.07 Å². The summed E-state index contributed by atoms with van der Waals surface area (Å²) >= 11 is 2.71. The third-order valence-corrected chi connectivity index (χ3v) is 6.41. The third kappa shape index (κ3) is 5.80. The fraction of sp³-hybridized carbons (Fsp3) is 0.286. The second-order valence-electron chi connectivity index (χ2n) is 6.55. The number of hydrogen-bond acceptors (Lipinski definition) is 9. The van der Waals surface area contributed by atoms with Crippen molar-refractivity contribution in [3.63, 3.8) is 0 Å².